The van der Waals surface area contributed by atoms with E-state index in [1.807, 2.05) is 13.8 Å². The van der Waals surface area contributed by atoms with Crippen LogP contribution in [0.1, 0.15) is 47.0 Å². The lowest BCUT2D eigenvalue weighted by atomic mass is 9.80. The minimum absolute atomic E-state index is 0.0173. The fourth-order valence-corrected chi connectivity index (χ4v) is 2.55. The van der Waals surface area contributed by atoms with E-state index in [0.717, 1.165) is 24.7 Å². The molecule has 3 nitrogen and oxygen atoms in total. The van der Waals surface area contributed by atoms with E-state index < -0.39 is 0 Å². The van der Waals surface area contributed by atoms with Gasteiger partial charge in [0, 0.05) is 12.1 Å². The number of hydrogen-bond donors (Lipinski definition) is 2. The first-order valence-electron chi connectivity index (χ1n) is 6.04. The maximum Gasteiger partial charge on any atom is 0.315 e. The Bertz CT molecular complexity index is 206. The maximum absolute atomic E-state index is 11.5. The van der Waals surface area contributed by atoms with Gasteiger partial charge < -0.3 is 10.6 Å². The van der Waals surface area contributed by atoms with Crippen molar-refractivity contribution in [2.24, 2.45) is 11.8 Å². The minimum atomic E-state index is -0.0173. The summed E-state index contributed by atoms with van der Waals surface area (Å²) in [7, 11) is 0. The number of amides is 2. The Morgan fingerprint density at radius 2 is 1.67 bits per heavy atom. The van der Waals surface area contributed by atoms with E-state index in [-0.39, 0.29) is 12.1 Å². The molecule has 1 aliphatic rings. The van der Waals surface area contributed by atoms with Crippen molar-refractivity contribution in [3.05, 3.63) is 0 Å². The van der Waals surface area contributed by atoms with Crippen molar-refractivity contribution in [1.82, 2.24) is 10.6 Å². The SMILES string of the molecule is CC1CC(C)CC(NC(=O)NC(C)C)C1. The molecule has 0 radical (unpaired) electrons. The molecule has 2 unspecified atom stereocenters. The molecule has 0 aromatic rings. The first-order valence-corrected chi connectivity index (χ1v) is 6.04. The average molecular weight is 212 g/mol. The molecule has 0 heterocycles. The van der Waals surface area contributed by atoms with E-state index in [4.69, 9.17) is 0 Å². The Labute approximate surface area is 93.0 Å². The van der Waals surface area contributed by atoms with Crippen LogP contribution < -0.4 is 10.6 Å². The Morgan fingerprint density at radius 1 is 1.13 bits per heavy atom. The Hall–Kier alpha value is -0.730. The molecular formula is C12H24N2O. The van der Waals surface area contributed by atoms with Gasteiger partial charge in [0.25, 0.3) is 0 Å². The van der Waals surface area contributed by atoms with Gasteiger partial charge in [-0.2, -0.15) is 0 Å². The topological polar surface area (TPSA) is 41.1 Å². The Morgan fingerprint density at radius 3 is 2.13 bits per heavy atom. The van der Waals surface area contributed by atoms with Gasteiger partial charge >= 0.3 is 6.03 Å². The number of carbonyl (C=O) groups excluding carboxylic acids is 1. The monoisotopic (exact) mass is 212 g/mol. The zero-order valence-corrected chi connectivity index (χ0v) is 10.3. The lowest BCUT2D eigenvalue weighted by molar-refractivity contribution is 0.211. The van der Waals surface area contributed by atoms with Gasteiger partial charge in [0.15, 0.2) is 0 Å². The highest BCUT2D eigenvalue weighted by Crippen LogP contribution is 2.28. The number of hydrogen-bond acceptors (Lipinski definition) is 1. The molecule has 3 heteroatoms. The molecule has 88 valence electrons. The van der Waals surface area contributed by atoms with Crippen molar-refractivity contribution in [2.75, 3.05) is 0 Å². The van der Waals surface area contributed by atoms with Gasteiger partial charge in [-0.25, -0.2) is 4.79 Å². The van der Waals surface area contributed by atoms with E-state index in [1.165, 1.54) is 6.42 Å². The second kappa shape index (κ2) is 5.38. The second-order valence-electron chi connectivity index (χ2n) is 5.39. The van der Waals surface area contributed by atoms with E-state index in [9.17, 15) is 4.79 Å². The van der Waals surface area contributed by atoms with Gasteiger partial charge in [-0.15, -0.1) is 0 Å². The molecule has 2 N–H and O–H groups in total. The average Bonchev–Trinajstić information content (AvgIpc) is 1.98. The van der Waals surface area contributed by atoms with Crippen LogP contribution in [0.4, 0.5) is 4.79 Å². The van der Waals surface area contributed by atoms with Crippen molar-refractivity contribution in [1.29, 1.82) is 0 Å². The second-order valence-corrected chi connectivity index (χ2v) is 5.39. The fourth-order valence-electron chi connectivity index (χ4n) is 2.55. The lowest BCUT2D eigenvalue weighted by Crippen LogP contribution is -2.46. The van der Waals surface area contributed by atoms with Gasteiger partial charge in [-0.1, -0.05) is 13.8 Å². The van der Waals surface area contributed by atoms with Crippen molar-refractivity contribution in [2.45, 2.75) is 59.0 Å². The van der Waals surface area contributed by atoms with Crippen molar-refractivity contribution in [3.63, 3.8) is 0 Å². The summed E-state index contributed by atoms with van der Waals surface area (Å²) in [5.41, 5.74) is 0. The Balaban J connectivity index is 2.34. The van der Waals surface area contributed by atoms with Crippen LogP contribution in [0.5, 0.6) is 0 Å². The third-order valence-electron chi connectivity index (χ3n) is 2.93. The van der Waals surface area contributed by atoms with E-state index in [0.29, 0.717) is 6.04 Å². The highest BCUT2D eigenvalue weighted by Gasteiger charge is 2.24. The molecule has 0 aliphatic heterocycles. The standard InChI is InChI=1S/C12H24N2O/c1-8(2)13-12(15)14-11-6-9(3)5-10(4)7-11/h8-11H,5-7H2,1-4H3,(H2,13,14,15). The summed E-state index contributed by atoms with van der Waals surface area (Å²) in [5, 5.41) is 5.93. The van der Waals surface area contributed by atoms with E-state index >= 15 is 0 Å². The van der Waals surface area contributed by atoms with Crippen LogP contribution >= 0.6 is 0 Å². The van der Waals surface area contributed by atoms with Crippen LogP contribution in [0, 0.1) is 11.8 Å². The molecule has 0 bridgehead atoms. The molecule has 1 fully saturated rings. The molecule has 2 amide bonds. The van der Waals surface area contributed by atoms with Gasteiger partial charge in [-0.05, 0) is 44.9 Å². The summed E-state index contributed by atoms with van der Waals surface area (Å²) in [6, 6.07) is 0.558. The number of urea groups is 1. The molecule has 2 atom stereocenters. The summed E-state index contributed by atoms with van der Waals surface area (Å²) in [4.78, 5) is 11.5. The molecule has 1 aliphatic carbocycles. The molecule has 0 spiro atoms. The fraction of sp³-hybridized carbons (Fsp3) is 0.917. The minimum Gasteiger partial charge on any atom is -0.336 e. The Kier molecular flexibility index (Phi) is 4.43. The lowest BCUT2D eigenvalue weighted by Gasteiger charge is -2.32. The van der Waals surface area contributed by atoms with Crippen molar-refractivity contribution >= 4 is 6.03 Å². The van der Waals surface area contributed by atoms with Gasteiger partial charge in [0.2, 0.25) is 0 Å². The molecule has 1 rings (SSSR count). The predicted octanol–water partition coefficient (Wildman–Crippen LogP) is 2.52. The maximum atomic E-state index is 11.5. The smallest absolute Gasteiger partial charge is 0.315 e. The van der Waals surface area contributed by atoms with Crippen LogP contribution in [0.3, 0.4) is 0 Å². The first kappa shape index (κ1) is 12.3. The van der Waals surface area contributed by atoms with Crippen LogP contribution in [-0.2, 0) is 0 Å². The predicted molar refractivity (Wildman–Crippen MR) is 62.8 cm³/mol. The van der Waals surface area contributed by atoms with Gasteiger partial charge in [-0.3, -0.25) is 0 Å². The number of nitrogens with one attached hydrogen (secondary N) is 2. The molecule has 1 saturated carbocycles. The van der Waals surface area contributed by atoms with Gasteiger partial charge in [0.05, 0.1) is 0 Å². The van der Waals surface area contributed by atoms with E-state index in [2.05, 4.69) is 24.5 Å². The summed E-state index contributed by atoms with van der Waals surface area (Å²) < 4.78 is 0. The van der Waals surface area contributed by atoms with Crippen LogP contribution in [-0.4, -0.2) is 18.1 Å². The molecule has 0 saturated heterocycles. The molecule has 15 heavy (non-hydrogen) atoms. The highest BCUT2D eigenvalue weighted by atomic mass is 16.2. The number of rotatable bonds is 2. The third-order valence-corrected chi connectivity index (χ3v) is 2.93. The zero-order chi connectivity index (χ0) is 11.4. The van der Waals surface area contributed by atoms with Crippen LogP contribution in [0.25, 0.3) is 0 Å². The zero-order valence-electron chi connectivity index (χ0n) is 10.3. The van der Waals surface area contributed by atoms with Gasteiger partial charge in [0.1, 0.15) is 0 Å². The number of carbonyl (C=O) groups is 1. The summed E-state index contributed by atoms with van der Waals surface area (Å²) in [6.07, 6.45) is 3.54. The first-order chi connectivity index (χ1) is 6.97. The molecular weight excluding hydrogens is 188 g/mol. The molecule has 0 aromatic heterocycles. The molecule has 0 aromatic carbocycles. The normalized spacial score (nSPS) is 31.4. The summed E-state index contributed by atoms with van der Waals surface area (Å²) in [5.74, 6) is 1.47. The van der Waals surface area contributed by atoms with E-state index in [1.54, 1.807) is 0 Å². The van der Waals surface area contributed by atoms with Crippen LogP contribution in [0.15, 0.2) is 0 Å². The summed E-state index contributed by atoms with van der Waals surface area (Å²) >= 11 is 0. The highest BCUT2D eigenvalue weighted by molar-refractivity contribution is 5.74. The van der Waals surface area contributed by atoms with Crippen LogP contribution in [0.2, 0.25) is 0 Å². The van der Waals surface area contributed by atoms with Crippen molar-refractivity contribution < 1.29 is 4.79 Å². The third kappa shape index (κ3) is 4.54. The van der Waals surface area contributed by atoms with Crippen molar-refractivity contribution in [3.8, 4) is 0 Å². The summed E-state index contributed by atoms with van der Waals surface area (Å²) in [6.45, 7) is 8.49. The quantitative estimate of drug-likeness (QED) is 0.725. The largest absolute Gasteiger partial charge is 0.336 e.